The van der Waals surface area contributed by atoms with Crippen molar-refractivity contribution >= 4 is 23.7 Å². The van der Waals surface area contributed by atoms with E-state index >= 15 is 0 Å². The zero-order valence-electron chi connectivity index (χ0n) is 15.4. The van der Waals surface area contributed by atoms with Gasteiger partial charge in [0.1, 0.15) is 18.1 Å². The predicted octanol–water partition coefficient (Wildman–Crippen LogP) is 2.52. The lowest BCUT2D eigenvalue weighted by molar-refractivity contribution is -0.307. The van der Waals surface area contributed by atoms with E-state index in [1.807, 2.05) is 24.3 Å². The van der Waals surface area contributed by atoms with Gasteiger partial charge in [-0.25, -0.2) is 0 Å². The van der Waals surface area contributed by atoms with E-state index in [1.165, 1.54) is 6.21 Å². The van der Waals surface area contributed by atoms with Gasteiger partial charge in [-0.3, -0.25) is 4.79 Å². The van der Waals surface area contributed by atoms with Crippen molar-refractivity contribution in [3.63, 3.8) is 0 Å². The highest BCUT2D eigenvalue weighted by Crippen LogP contribution is 2.12. The maximum absolute atomic E-state index is 12.9. The van der Waals surface area contributed by atoms with Crippen LogP contribution in [0.2, 0.25) is 0 Å². The Labute approximate surface area is 167 Å². The van der Waals surface area contributed by atoms with Gasteiger partial charge in [0, 0.05) is 11.1 Å². The molecule has 3 rings (SSSR count). The van der Waals surface area contributed by atoms with E-state index < -0.39 is 12.6 Å². The number of ketones is 1. The Balaban J connectivity index is 1.81. The number of rotatable bonds is 8. The third kappa shape index (κ3) is 5.71. The first-order chi connectivity index (χ1) is 14.1. The summed E-state index contributed by atoms with van der Waals surface area (Å²) in [5, 5.41) is 18.7. The molecule has 0 aliphatic carbocycles. The second-order valence-corrected chi connectivity index (χ2v) is 5.98. The summed E-state index contributed by atoms with van der Waals surface area (Å²) >= 11 is 0. The van der Waals surface area contributed by atoms with Crippen LogP contribution in [0.5, 0.6) is 5.75 Å². The average molecular weight is 385 g/mol. The van der Waals surface area contributed by atoms with E-state index in [2.05, 4.69) is 10.2 Å². The summed E-state index contributed by atoms with van der Waals surface area (Å²) in [7, 11) is 0. The Kier molecular flexibility index (Phi) is 6.62. The molecule has 6 nitrogen and oxygen atoms in total. The summed E-state index contributed by atoms with van der Waals surface area (Å²) in [4.78, 5) is 23.3. The van der Waals surface area contributed by atoms with Gasteiger partial charge in [-0.2, -0.15) is 5.10 Å². The van der Waals surface area contributed by atoms with E-state index in [4.69, 9.17) is 4.74 Å². The van der Waals surface area contributed by atoms with Crippen LogP contribution in [0.1, 0.15) is 21.5 Å². The van der Waals surface area contributed by atoms with Gasteiger partial charge in [-0.1, -0.05) is 60.7 Å². The second-order valence-electron chi connectivity index (χ2n) is 5.98. The minimum atomic E-state index is -1.29. The fraction of sp³-hybridized carbons (Fsp3) is 0.0435. The van der Waals surface area contributed by atoms with Gasteiger partial charge >= 0.3 is 0 Å². The van der Waals surface area contributed by atoms with Crippen LogP contribution in [-0.2, 0) is 4.79 Å². The number of carboxylic acids is 1. The number of benzene rings is 3. The number of aliphatic carboxylic acids is 1. The molecule has 6 heteroatoms. The van der Waals surface area contributed by atoms with Crippen LogP contribution in [0, 0.1) is 0 Å². The van der Waals surface area contributed by atoms with Crippen molar-refractivity contribution in [1.29, 1.82) is 0 Å². The van der Waals surface area contributed by atoms with Crippen molar-refractivity contribution in [1.82, 2.24) is 0 Å². The van der Waals surface area contributed by atoms with Gasteiger partial charge < -0.3 is 14.6 Å². The third-order valence-corrected chi connectivity index (χ3v) is 3.90. The van der Waals surface area contributed by atoms with Crippen molar-refractivity contribution in [3.05, 3.63) is 102 Å². The monoisotopic (exact) mass is 385 g/mol. The molecule has 3 aromatic rings. The molecule has 0 aromatic heterocycles. The lowest BCUT2D eigenvalue weighted by Gasteiger charge is -2.06. The van der Waals surface area contributed by atoms with Gasteiger partial charge in [0.15, 0.2) is 0 Å². The molecule has 0 bridgehead atoms. The van der Waals surface area contributed by atoms with E-state index in [1.54, 1.807) is 60.7 Å². The largest absolute Gasteiger partial charge is 0.546 e. The fourth-order valence-corrected chi connectivity index (χ4v) is 2.50. The molecule has 0 fully saturated rings. The molecule has 0 heterocycles. The van der Waals surface area contributed by atoms with Crippen LogP contribution in [0.4, 0.5) is 0 Å². The zero-order chi connectivity index (χ0) is 20.5. The Morgan fingerprint density at radius 1 is 0.828 bits per heavy atom. The summed E-state index contributed by atoms with van der Waals surface area (Å²) < 4.78 is 5.02. The Morgan fingerprint density at radius 2 is 1.41 bits per heavy atom. The summed E-state index contributed by atoms with van der Waals surface area (Å²) in [6, 6.07) is 24.7. The van der Waals surface area contributed by atoms with Gasteiger partial charge in [0.2, 0.25) is 5.78 Å². The van der Waals surface area contributed by atoms with Crippen LogP contribution in [0.15, 0.2) is 95.1 Å². The first kappa shape index (κ1) is 19.7. The number of nitrogens with zero attached hydrogens (tertiary/aromatic N) is 2. The molecular weight excluding hydrogens is 368 g/mol. The molecule has 0 amide bonds. The number of carbonyl (C=O) groups is 2. The number of Topliss-reactive ketones (excluding diaryl/α,β-unsaturated/α-hetero) is 1. The first-order valence-corrected chi connectivity index (χ1v) is 8.82. The molecule has 0 saturated heterocycles. The van der Waals surface area contributed by atoms with E-state index in [0.29, 0.717) is 22.4 Å². The maximum Gasteiger partial charge on any atom is 0.213 e. The Bertz CT molecular complexity index is 1030. The van der Waals surface area contributed by atoms with Crippen LogP contribution in [0.3, 0.4) is 0 Å². The summed E-state index contributed by atoms with van der Waals surface area (Å²) in [6.07, 6.45) is 1.50. The fourth-order valence-electron chi connectivity index (χ4n) is 2.50. The molecule has 0 unspecified atom stereocenters. The highest BCUT2D eigenvalue weighted by Gasteiger charge is 2.15. The van der Waals surface area contributed by atoms with Crippen molar-refractivity contribution in [2.75, 3.05) is 6.61 Å². The molecular formula is C23H17N2O4-. The Hall–Kier alpha value is -4.06. The second kappa shape index (κ2) is 9.75. The quantitative estimate of drug-likeness (QED) is 0.338. The minimum Gasteiger partial charge on any atom is -0.546 e. The van der Waals surface area contributed by atoms with Crippen molar-refractivity contribution < 1.29 is 19.4 Å². The van der Waals surface area contributed by atoms with Gasteiger partial charge in [-0.15, -0.1) is 5.10 Å². The smallest absolute Gasteiger partial charge is 0.213 e. The van der Waals surface area contributed by atoms with Crippen molar-refractivity contribution in [2.24, 2.45) is 10.2 Å². The standard InChI is InChI=1S/C23H18N2O4/c26-21(27)16-29-20-13-11-17(12-14-20)15-24-25-22(18-7-3-1-4-8-18)23(28)19-9-5-2-6-10-19/h1-15H,16H2,(H,26,27)/p-1/b24-15-,25-22-. The normalized spacial score (nSPS) is 11.4. The topological polar surface area (TPSA) is 91.2 Å². The molecule has 29 heavy (non-hydrogen) atoms. The minimum absolute atomic E-state index is 0.222. The Morgan fingerprint density at radius 3 is 2.00 bits per heavy atom. The summed E-state index contributed by atoms with van der Waals surface area (Å²) in [5.74, 6) is -1.11. The molecule has 0 spiro atoms. The molecule has 0 aliphatic rings. The molecule has 0 radical (unpaired) electrons. The molecule has 3 aromatic carbocycles. The highest BCUT2D eigenvalue weighted by atomic mass is 16.5. The molecule has 0 saturated carbocycles. The van der Waals surface area contributed by atoms with Crippen LogP contribution in [0.25, 0.3) is 0 Å². The first-order valence-electron chi connectivity index (χ1n) is 8.82. The lowest BCUT2D eigenvalue weighted by Crippen LogP contribution is -2.28. The lowest BCUT2D eigenvalue weighted by atomic mass is 10.0. The molecule has 0 atom stereocenters. The molecule has 0 N–H and O–H groups in total. The van der Waals surface area contributed by atoms with Gasteiger partial charge in [0.25, 0.3) is 0 Å². The summed E-state index contributed by atoms with van der Waals surface area (Å²) in [6.45, 7) is -0.514. The number of hydrogen-bond donors (Lipinski definition) is 0. The van der Waals surface area contributed by atoms with Gasteiger partial charge in [-0.05, 0) is 29.8 Å². The maximum atomic E-state index is 12.9. The van der Waals surface area contributed by atoms with E-state index in [0.717, 1.165) is 0 Å². The number of hydrogen-bond acceptors (Lipinski definition) is 6. The number of ether oxygens (including phenoxy) is 1. The predicted molar refractivity (Wildman–Crippen MR) is 108 cm³/mol. The average Bonchev–Trinajstić information content (AvgIpc) is 2.77. The van der Waals surface area contributed by atoms with E-state index in [9.17, 15) is 14.7 Å². The SMILES string of the molecule is O=C([O-])COc1ccc(/C=N\N=C(/C(=O)c2ccccc2)c2ccccc2)cc1. The van der Waals surface area contributed by atoms with Crippen LogP contribution < -0.4 is 9.84 Å². The zero-order valence-corrected chi connectivity index (χ0v) is 15.4. The van der Waals surface area contributed by atoms with Crippen molar-refractivity contribution in [3.8, 4) is 5.75 Å². The summed E-state index contributed by atoms with van der Waals surface area (Å²) in [5.41, 5.74) is 2.15. The molecule has 0 aliphatic heterocycles. The number of carbonyl (C=O) groups excluding carboxylic acids is 2. The van der Waals surface area contributed by atoms with Crippen molar-refractivity contribution in [2.45, 2.75) is 0 Å². The molecule has 144 valence electrons. The number of carboxylic acid groups (broad SMARTS) is 1. The van der Waals surface area contributed by atoms with Crippen LogP contribution in [-0.4, -0.2) is 30.3 Å². The third-order valence-electron chi connectivity index (χ3n) is 3.90. The highest BCUT2D eigenvalue weighted by molar-refractivity contribution is 6.51. The van der Waals surface area contributed by atoms with Crippen LogP contribution >= 0.6 is 0 Å². The van der Waals surface area contributed by atoms with E-state index in [-0.39, 0.29) is 11.5 Å². The van der Waals surface area contributed by atoms with Gasteiger partial charge in [0.05, 0.1) is 12.2 Å².